The molecule has 6 heteroatoms. The van der Waals surface area contributed by atoms with Gasteiger partial charge in [-0.1, -0.05) is 6.92 Å². The minimum atomic E-state index is -1.03. The zero-order valence-corrected chi connectivity index (χ0v) is 12.5. The van der Waals surface area contributed by atoms with Crippen LogP contribution in [0.1, 0.15) is 23.7 Å². The first-order valence-electron chi connectivity index (χ1n) is 7.06. The summed E-state index contributed by atoms with van der Waals surface area (Å²) in [6.07, 6.45) is -0.309. The highest BCUT2D eigenvalue weighted by atomic mass is 19.1. The molecule has 0 radical (unpaired) electrons. The number of amides is 1. The van der Waals surface area contributed by atoms with Crippen LogP contribution in [-0.4, -0.2) is 23.1 Å². The molecule has 0 unspecified atom stereocenters. The first kappa shape index (κ1) is 16.5. The molecule has 0 aliphatic rings. The van der Waals surface area contributed by atoms with Crippen molar-refractivity contribution in [2.24, 2.45) is 0 Å². The molecule has 23 heavy (non-hydrogen) atoms. The van der Waals surface area contributed by atoms with Crippen molar-refractivity contribution in [3.05, 3.63) is 59.9 Å². The predicted molar refractivity (Wildman–Crippen MR) is 83.1 cm³/mol. The number of aromatic carboxylic acids is 1. The normalized spacial score (nSPS) is 11.6. The molecule has 5 nitrogen and oxygen atoms in total. The van der Waals surface area contributed by atoms with Crippen LogP contribution in [0.5, 0.6) is 5.75 Å². The van der Waals surface area contributed by atoms with Gasteiger partial charge >= 0.3 is 5.97 Å². The van der Waals surface area contributed by atoms with E-state index in [1.54, 1.807) is 6.92 Å². The number of carboxylic acid groups (broad SMARTS) is 1. The Morgan fingerprint density at radius 1 is 1.13 bits per heavy atom. The largest absolute Gasteiger partial charge is 0.481 e. The molecule has 1 atom stereocenters. The number of carbonyl (C=O) groups is 2. The van der Waals surface area contributed by atoms with E-state index in [2.05, 4.69) is 5.32 Å². The van der Waals surface area contributed by atoms with Crippen molar-refractivity contribution in [2.75, 3.05) is 5.32 Å². The Hall–Kier alpha value is -2.89. The van der Waals surface area contributed by atoms with Crippen molar-refractivity contribution < 1.29 is 23.8 Å². The molecule has 2 rings (SSSR count). The Labute approximate surface area is 132 Å². The van der Waals surface area contributed by atoms with Gasteiger partial charge in [0, 0.05) is 5.69 Å². The minimum absolute atomic E-state index is 0.137. The molecule has 0 fully saturated rings. The van der Waals surface area contributed by atoms with Crippen molar-refractivity contribution in [3.8, 4) is 5.75 Å². The van der Waals surface area contributed by atoms with E-state index < -0.39 is 12.1 Å². The van der Waals surface area contributed by atoms with E-state index in [9.17, 15) is 14.0 Å². The molecule has 0 heterocycles. The molecule has 0 spiro atoms. The van der Waals surface area contributed by atoms with Gasteiger partial charge in [0.15, 0.2) is 6.10 Å². The van der Waals surface area contributed by atoms with Crippen LogP contribution in [0.3, 0.4) is 0 Å². The third-order valence-electron chi connectivity index (χ3n) is 3.15. The van der Waals surface area contributed by atoms with Crippen molar-refractivity contribution in [1.29, 1.82) is 0 Å². The zero-order valence-electron chi connectivity index (χ0n) is 12.5. The fourth-order valence-corrected chi connectivity index (χ4v) is 1.92. The maximum absolute atomic E-state index is 12.9. The van der Waals surface area contributed by atoms with Gasteiger partial charge in [-0.2, -0.15) is 0 Å². The predicted octanol–water partition coefficient (Wildman–Crippen LogP) is 3.32. The number of nitrogens with one attached hydrogen (secondary N) is 1. The van der Waals surface area contributed by atoms with Crippen molar-refractivity contribution in [3.63, 3.8) is 0 Å². The summed E-state index contributed by atoms with van der Waals surface area (Å²) in [5, 5.41) is 11.5. The van der Waals surface area contributed by atoms with E-state index in [1.807, 2.05) is 0 Å². The fourth-order valence-electron chi connectivity index (χ4n) is 1.92. The number of benzene rings is 2. The Bertz CT molecular complexity index is 683. The lowest BCUT2D eigenvalue weighted by molar-refractivity contribution is -0.122. The summed E-state index contributed by atoms with van der Waals surface area (Å²) in [7, 11) is 0. The lowest BCUT2D eigenvalue weighted by Gasteiger charge is -2.17. The van der Waals surface area contributed by atoms with Gasteiger partial charge in [-0.25, -0.2) is 9.18 Å². The van der Waals surface area contributed by atoms with Crippen molar-refractivity contribution in [1.82, 2.24) is 0 Å². The lowest BCUT2D eigenvalue weighted by Crippen LogP contribution is -2.32. The molecular weight excluding hydrogens is 301 g/mol. The second-order valence-electron chi connectivity index (χ2n) is 4.84. The SMILES string of the molecule is CC[C@@H](Oc1ccc(F)cc1)C(=O)Nc1ccc(C(=O)O)cc1. The summed E-state index contributed by atoms with van der Waals surface area (Å²) < 4.78 is 18.4. The highest BCUT2D eigenvalue weighted by Crippen LogP contribution is 2.16. The summed E-state index contributed by atoms with van der Waals surface area (Å²) in [4.78, 5) is 23.0. The van der Waals surface area contributed by atoms with Gasteiger partial charge in [-0.15, -0.1) is 0 Å². The van der Waals surface area contributed by atoms with Gasteiger partial charge in [0.25, 0.3) is 5.91 Å². The van der Waals surface area contributed by atoms with Crippen LogP contribution >= 0.6 is 0 Å². The summed E-state index contributed by atoms with van der Waals surface area (Å²) >= 11 is 0. The maximum Gasteiger partial charge on any atom is 0.335 e. The quantitative estimate of drug-likeness (QED) is 0.857. The smallest absolute Gasteiger partial charge is 0.335 e. The summed E-state index contributed by atoms with van der Waals surface area (Å²) in [5.41, 5.74) is 0.610. The lowest BCUT2D eigenvalue weighted by atomic mass is 10.2. The highest BCUT2D eigenvalue weighted by molar-refractivity contribution is 5.95. The molecule has 1 amide bonds. The standard InChI is InChI=1S/C17H16FNO4/c1-2-15(23-14-9-5-12(18)6-10-14)16(20)19-13-7-3-11(4-8-13)17(21)22/h3-10,15H,2H2,1H3,(H,19,20)(H,21,22)/t15-/m1/s1. The summed E-state index contributed by atoms with van der Waals surface area (Å²) in [6, 6.07) is 11.2. The number of anilines is 1. The number of hydrogen-bond acceptors (Lipinski definition) is 3. The molecule has 0 aromatic heterocycles. The number of ether oxygens (including phenoxy) is 1. The molecule has 120 valence electrons. The number of hydrogen-bond donors (Lipinski definition) is 2. The molecule has 2 aromatic carbocycles. The average Bonchev–Trinajstić information content (AvgIpc) is 2.54. The number of carboxylic acids is 1. The summed E-state index contributed by atoms with van der Waals surface area (Å²) in [5.74, 6) is -1.38. The zero-order chi connectivity index (χ0) is 16.8. The third-order valence-corrected chi connectivity index (χ3v) is 3.15. The van der Waals surface area contributed by atoms with E-state index in [4.69, 9.17) is 9.84 Å². The Morgan fingerprint density at radius 3 is 2.26 bits per heavy atom. The number of carbonyl (C=O) groups excluding carboxylic acids is 1. The van der Waals surface area contributed by atoms with Crippen LogP contribution in [0.15, 0.2) is 48.5 Å². The molecule has 2 aromatic rings. The van der Waals surface area contributed by atoms with Crippen LogP contribution in [0.2, 0.25) is 0 Å². The van der Waals surface area contributed by atoms with E-state index >= 15 is 0 Å². The maximum atomic E-state index is 12.9. The Morgan fingerprint density at radius 2 is 1.74 bits per heavy atom. The molecule has 0 saturated heterocycles. The van der Waals surface area contributed by atoms with Crippen LogP contribution in [-0.2, 0) is 4.79 Å². The molecule has 0 aliphatic heterocycles. The van der Waals surface area contributed by atoms with E-state index in [-0.39, 0.29) is 17.3 Å². The van der Waals surface area contributed by atoms with Gasteiger partial charge < -0.3 is 15.2 Å². The molecular formula is C17H16FNO4. The van der Waals surface area contributed by atoms with E-state index in [0.717, 1.165) is 0 Å². The van der Waals surface area contributed by atoms with Gasteiger partial charge in [-0.05, 0) is 55.0 Å². The van der Waals surface area contributed by atoms with E-state index in [0.29, 0.717) is 17.9 Å². The van der Waals surface area contributed by atoms with Crippen molar-refractivity contribution in [2.45, 2.75) is 19.4 Å². The second-order valence-corrected chi connectivity index (χ2v) is 4.84. The summed E-state index contributed by atoms with van der Waals surface area (Å²) in [6.45, 7) is 1.79. The van der Waals surface area contributed by atoms with Crippen LogP contribution in [0.25, 0.3) is 0 Å². The Balaban J connectivity index is 2.01. The van der Waals surface area contributed by atoms with Gasteiger partial charge in [0.2, 0.25) is 0 Å². The molecule has 0 bridgehead atoms. The molecule has 2 N–H and O–H groups in total. The fraction of sp³-hybridized carbons (Fsp3) is 0.176. The minimum Gasteiger partial charge on any atom is -0.481 e. The monoisotopic (exact) mass is 317 g/mol. The second kappa shape index (κ2) is 7.40. The van der Waals surface area contributed by atoms with E-state index in [1.165, 1.54) is 48.5 Å². The van der Waals surface area contributed by atoms with Crippen LogP contribution < -0.4 is 10.1 Å². The first-order chi connectivity index (χ1) is 11.0. The van der Waals surface area contributed by atoms with Gasteiger partial charge in [0.05, 0.1) is 5.56 Å². The van der Waals surface area contributed by atoms with Crippen LogP contribution in [0, 0.1) is 5.82 Å². The first-order valence-corrected chi connectivity index (χ1v) is 7.06. The van der Waals surface area contributed by atoms with Gasteiger partial charge in [0.1, 0.15) is 11.6 Å². The average molecular weight is 317 g/mol. The van der Waals surface area contributed by atoms with Gasteiger partial charge in [-0.3, -0.25) is 4.79 Å². The van der Waals surface area contributed by atoms with Crippen molar-refractivity contribution >= 4 is 17.6 Å². The molecule has 0 aliphatic carbocycles. The number of halogens is 1. The molecule has 0 saturated carbocycles. The highest BCUT2D eigenvalue weighted by Gasteiger charge is 2.18. The third kappa shape index (κ3) is 4.54. The number of rotatable bonds is 6. The van der Waals surface area contributed by atoms with Crippen LogP contribution in [0.4, 0.5) is 10.1 Å². The topological polar surface area (TPSA) is 75.6 Å². The Kier molecular flexibility index (Phi) is 5.30.